The maximum Gasteiger partial charge on any atom is 0.224 e. The maximum absolute atomic E-state index is 11.9. The second-order valence-corrected chi connectivity index (χ2v) is 3.51. The maximum atomic E-state index is 11.9. The van der Waals surface area contributed by atoms with Crippen LogP contribution in [0.25, 0.3) is 0 Å². The lowest BCUT2D eigenvalue weighted by Gasteiger charge is -2.07. The van der Waals surface area contributed by atoms with Gasteiger partial charge in [0, 0.05) is 18.2 Å². The summed E-state index contributed by atoms with van der Waals surface area (Å²) in [7, 11) is 0. The smallest absolute Gasteiger partial charge is 0.224 e. The number of nitrogens with one attached hydrogen (secondary N) is 1. The van der Waals surface area contributed by atoms with Crippen molar-refractivity contribution in [3.05, 3.63) is 24.3 Å². The zero-order valence-electron chi connectivity index (χ0n) is 9.62. The molecule has 94 valence electrons. The van der Waals surface area contributed by atoms with E-state index in [1.807, 2.05) is 0 Å². The molecule has 17 heavy (non-hydrogen) atoms. The summed E-state index contributed by atoms with van der Waals surface area (Å²) in [5.74, 6) is 0.456. The Labute approximate surface area is 100.0 Å². The summed E-state index contributed by atoms with van der Waals surface area (Å²) in [6, 6.07) is 6.87. The van der Waals surface area contributed by atoms with E-state index >= 15 is 0 Å². The average molecular weight is 240 g/mol. The number of anilines is 1. The molecule has 4 nitrogen and oxygen atoms in total. The minimum Gasteiger partial charge on any atom is -0.491 e. The van der Waals surface area contributed by atoms with E-state index in [0.29, 0.717) is 30.8 Å². The van der Waals surface area contributed by atoms with E-state index < -0.39 is 6.67 Å². The first-order valence-corrected chi connectivity index (χ1v) is 5.55. The lowest BCUT2D eigenvalue weighted by Crippen LogP contribution is -2.13. The Morgan fingerprint density at radius 1 is 1.47 bits per heavy atom. The third-order valence-corrected chi connectivity index (χ3v) is 2.07. The van der Waals surface area contributed by atoms with Gasteiger partial charge < -0.3 is 15.8 Å². The van der Waals surface area contributed by atoms with Crippen molar-refractivity contribution in [2.45, 2.75) is 12.8 Å². The molecule has 0 aromatic heterocycles. The molecule has 0 unspecified atom stereocenters. The van der Waals surface area contributed by atoms with Gasteiger partial charge in [0.1, 0.15) is 19.0 Å². The van der Waals surface area contributed by atoms with Gasteiger partial charge in [0.25, 0.3) is 0 Å². The number of ether oxygens (including phenoxy) is 1. The van der Waals surface area contributed by atoms with Crippen molar-refractivity contribution in [2.75, 3.05) is 25.1 Å². The van der Waals surface area contributed by atoms with Crippen LogP contribution >= 0.6 is 0 Å². The Morgan fingerprint density at radius 3 is 3.00 bits per heavy atom. The zero-order chi connectivity index (χ0) is 12.5. The van der Waals surface area contributed by atoms with Crippen LogP contribution in [0.3, 0.4) is 0 Å². The number of benzene rings is 1. The molecule has 0 aliphatic carbocycles. The van der Waals surface area contributed by atoms with Gasteiger partial charge in [0.05, 0.1) is 0 Å². The summed E-state index contributed by atoms with van der Waals surface area (Å²) in [5, 5.41) is 2.73. The number of amides is 1. The predicted octanol–water partition coefficient (Wildman–Crippen LogP) is 1.71. The molecule has 0 aliphatic rings. The highest BCUT2D eigenvalue weighted by Crippen LogP contribution is 2.17. The average Bonchev–Trinajstić information content (AvgIpc) is 2.34. The van der Waals surface area contributed by atoms with E-state index in [2.05, 4.69) is 5.32 Å². The van der Waals surface area contributed by atoms with Crippen molar-refractivity contribution in [2.24, 2.45) is 5.73 Å². The van der Waals surface area contributed by atoms with E-state index in [9.17, 15) is 9.18 Å². The fraction of sp³-hybridized carbons (Fsp3) is 0.417. The quantitative estimate of drug-likeness (QED) is 0.762. The van der Waals surface area contributed by atoms with Crippen molar-refractivity contribution in [1.29, 1.82) is 0 Å². The summed E-state index contributed by atoms with van der Waals surface area (Å²) in [4.78, 5) is 11.4. The van der Waals surface area contributed by atoms with Crippen LogP contribution in [-0.2, 0) is 4.79 Å². The zero-order valence-corrected chi connectivity index (χ0v) is 9.62. The van der Waals surface area contributed by atoms with Crippen LogP contribution in [-0.4, -0.2) is 25.7 Å². The normalized spacial score (nSPS) is 10.0. The molecule has 0 bridgehead atoms. The van der Waals surface area contributed by atoms with Crippen molar-refractivity contribution >= 4 is 11.6 Å². The van der Waals surface area contributed by atoms with Gasteiger partial charge in [-0.2, -0.15) is 0 Å². The topological polar surface area (TPSA) is 64.4 Å². The van der Waals surface area contributed by atoms with Crippen molar-refractivity contribution in [3.8, 4) is 5.75 Å². The Hall–Kier alpha value is -1.62. The van der Waals surface area contributed by atoms with E-state index in [4.69, 9.17) is 10.5 Å². The molecule has 0 saturated carbocycles. The molecular weight excluding hydrogens is 223 g/mol. The summed E-state index contributed by atoms with van der Waals surface area (Å²) < 4.78 is 17.0. The third kappa shape index (κ3) is 5.31. The predicted molar refractivity (Wildman–Crippen MR) is 64.8 cm³/mol. The van der Waals surface area contributed by atoms with Crippen molar-refractivity contribution in [1.82, 2.24) is 0 Å². The monoisotopic (exact) mass is 240 g/mol. The largest absolute Gasteiger partial charge is 0.491 e. The van der Waals surface area contributed by atoms with Gasteiger partial charge in [-0.25, -0.2) is 4.39 Å². The van der Waals surface area contributed by atoms with Crippen LogP contribution in [0.1, 0.15) is 12.8 Å². The first-order valence-electron chi connectivity index (χ1n) is 5.55. The Balaban J connectivity index is 2.50. The number of rotatable bonds is 7. The number of halogens is 1. The van der Waals surface area contributed by atoms with Crippen LogP contribution in [0, 0.1) is 0 Å². The summed E-state index contributed by atoms with van der Waals surface area (Å²) in [6.45, 7) is -0.0231. The molecular formula is C12H17FN2O2. The van der Waals surface area contributed by atoms with Gasteiger partial charge in [0.15, 0.2) is 0 Å². The summed E-state index contributed by atoms with van der Waals surface area (Å²) in [5.41, 5.74) is 5.96. The highest BCUT2D eigenvalue weighted by Gasteiger charge is 2.02. The Morgan fingerprint density at radius 2 is 2.29 bits per heavy atom. The molecule has 0 spiro atoms. The van der Waals surface area contributed by atoms with E-state index in [1.54, 1.807) is 24.3 Å². The lowest BCUT2D eigenvalue weighted by molar-refractivity contribution is -0.116. The van der Waals surface area contributed by atoms with Gasteiger partial charge in [-0.05, 0) is 25.1 Å². The molecule has 3 N–H and O–H groups in total. The van der Waals surface area contributed by atoms with E-state index in [1.165, 1.54) is 0 Å². The molecule has 1 amide bonds. The van der Waals surface area contributed by atoms with Gasteiger partial charge >= 0.3 is 0 Å². The SMILES string of the molecule is NCCCC(=O)Nc1cccc(OCCF)c1. The highest BCUT2D eigenvalue weighted by atomic mass is 19.1. The van der Waals surface area contributed by atoms with Crippen LogP contribution < -0.4 is 15.8 Å². The number of carbonyl (C=O) groups excluding carboxylic acids is 1. The first-order chi connectivity index (χ1) is 8.26. The number of hydrogen-bond donors (Lipinski definition) is 2. The Kier molecular flexibility index (Phi) is 6.03. The second kappa shape index (κ2) is 7.62. The molecule has 0 saturated heterocycles. The molecule has 0 heterocycles. The van der Waals surface area contributed by atoms with Crippen LogP contribution in [0.5, 0.6) is 5.75 Å². The number of carbonyl (C=O) groups is 1. The van der Waals surface area contributed by atoms with Crippen molar-refractivity contribution in [3.63, 3.8) is 0 Å². The highest BCUT2D eigenvalue weighted by molar-refractivity contribution is 5.90. The molecule has 0 radical (unpaired) electrons. The fourth-order valence-corrected chi connectivity index (χ4v) is 1.31. The van der Waals surface area contributed by atoms with Crippen LogP contribution in [0.2, 0.25) is 0 Å². The number of nitrogens with two attached hydrogens (primary N) is 1. The summed E-state index contributed by atoms with van der Waals surface area (Å²) >= 11 is 0. The minimum atomic E-state index is -0.535. The molecule has 0 fully saturated rings. The molecule has 1 aromatic carbocycles. The van der Waals surface area contributed by atoms with E-state index in [0.717, 1.165) is 0 Å². The molecule has 0 atom stereocenters. The second-order valence-electron chi connectivity index (χ2n) is 3.51. The number of alkyl halides is 1. The first kappa shape index (κ1) is 13.4. The van der Waals surface area contributed by atoms with Crippen LogP contribution in [0.15, 0.2) is 24.3 Å². The molecule has 1 aromatic rings. The molecule has 1 rings (SSSR count). The van der Waals surface area contributed by atoms with Gasteiger partial charge in [-0.3, -0.25) is 4.79 Å². The number of hydrogen-bond acceptors (Lipinski definition) is 3. The van der Waals surface area contributed by atoms with Gasteiger partial charge in [-0.15, -0.1) is 0 Å². The van der Waals surface area contributed by atoms with Crippen LogP contribution in [0.4, 0.5) is 10.1 Å². The minimum absolute atomic E-state index is 0.0184. The molecule has 5 heteroatoms. The summed E-state index contributed by atoms with van der Waals surface area (Å²) in [6.07, 6.45) is 1.05. The lowest BCUT2D eigenvalue weighted by atomic mass is 10.2. The van der Waals surface area contributed by atoms with E-state index in [-0.39, 0.29) is 12.5 Å². The van der Waals surface area contributed by atoms with Crippen molar-refractivity contribution < 1.29 is 13.9 Å². The third-order valence-electron chi connectivity index (χ3n) is 2.07. The van der Waals surface area contributed by atoms with Gasteiger partial charge in [-0.1, -0.05) is 6.07 Å². The fourth-order valence-electron chi connectivity index (χ4n) is 1.31. The molecule has 0 aliphatic heterocycles. The standard InChI is InChI=1S/C12H17FN2O2/c13-6-8-17-11-4-1-3-10(9-11)15-12(16)5-2-7-14/h1,3-4,9H,2,5-8,14H2,(H,15,16). The Bertz CT molecular complexity index is 358. The van der Waals surface area contributed by atoms with Gasteiger partial charge in [0.2, 0.25) is 5.91 Å².